The third-order valence-corrected chi connectivity index (χ3v) is 4.02. The van der Waals surface area contributed by atoms with Gasteiger partial charge in [-0.15, -0.1) is 0 Å². The summed E-state index contributed by atoms with van der Waals surface area (Å²) in [6.07, 6.45) is 2.43. The number of rotatable bonds is 2. The van der Waals surface area contributed by atoms with Crippen LogP contribution < -0.4 is 0 Å². The van der Waals surface area contributed by atoms with E-state index < -0.39 is 0 Å². The molecule has 1 fully saturated rings. The average Bonchev–Trinajstić information content (AvgIpc) is 3.11. The van der Waals surface area contributed by atoms with Gasteiger partial charge >= 0.3 is 0 Å². The van der Waals surface area contributed by atoms with Crippen LogP contribution in [-0.2, 0) is 11.3 Å². The first kappa shape index (κ1) is 11.2. The summed E-state index contributed by atoms with van der Waals surface area (Å²) in [4.78, 5) is 0. The van der Waals surface area contributed by atoms with E-state index in [1.54, 1.807) is 6.07 Å². The van der Waals surface area contributed by atoms with E-state index in [9.17, 15) is 4.39 Å². The maximum atomic E-state index is 14.3. The first-order chi connectivity index (χ1) is 8.16. The molecule has 0 N–H and O–H groups in total. The Bertz CT molecular complexity index is 435. The number of fused-ring (bicyclic) bond motifs is 1. The standard InChI is InChI=1S/C15H19FO/c1-9(2)13-8-17-7-12-5-11(10-3-4-10)6-14(16)15(12)13/h5-6,9-10,13H,3-4,7-8H2,1-2H3/t13-/m1/s1. The summed E-state index contributed by atoms with van der Waals surface area (Å²) in [6.45, 7) is 5.51. The van der Waals surface area contributed by atoms with Gasteiger partial charge in [0.25, 0.3) is 0 Å². The molecular weight excluding hydrogens is 215 g/mol. The third kappa shape index (κ3) is 1.99. The molecule has 1 aromatic carbocycles. The van der Waals surface area contributed by atoms with E-state index in [0.717, 1.165) is 11.1 Å². The molecule has 0 spiro atoms. The molecular formula is C15H19FO. The van der Waals surface area contributed by atoms with Gasteiger partial charge in [0, 0.05) is 5.92 Å². The van der Waals surface area contributed by atoms with Gasteiger partial charge in [0.1, 0.15) is 5.82 Å². The fourth-order valence-electron chi connectivity index (χ4n) is 2.79. The second-order valence-electron chi connectivity index (χ2n) is 5.72. The maximum Gasteiger partial charge on any atom is 0.127 e. The Morgan fingerprint density at radius 2 is 2.06 bits per heavy atom. The molecule has 1 aliphatic carbocycles. The van der Waals surface area contributed by atoms with E-state index in [2.05, 4.69) is 19.9 Å². The van der Waals surface area contributed by atoms with Crippen molar-refractivity contribution in [2.75, 3.05) is 6.61 Å². The molecule has 2 heteroatoms. The highest BCUT2D eigenvalue weighted by Crippen LogP contribution is 2.43. The van der Waals surface area contributed by atoms with Crippen molar-refractivity contribution in [3.8, 4) is 0 Å². The lowest BCUT2D eigenvalue weighted by Crippen LogP contribution is -2.22. The molecule has 1 saturated carbocycles. The zero-order valence-corrected chi connectivity index (χ0v) is 10.5. The topological polar surface area (TPSA) is 9.23 Å². The highest BCUT2D eigenvalue weighted by Gasteiger charge is 2.30. The highest BCUT2D eigenvalue weighted by molar-refractivity contribution is 5.39. The number of halogens is 1. The third-order valence-electron chi connectivity index (χ3n) is 4.02. The fraction of sp³-hybridized carbons (Fsp3) is 0.600. The first-order valence-electron chi connectivity index (χ1n) is 6.56. The van der Waals surface area contributed by atoms with Crippen LogP contribution in [0.1, 0.15) is 55.2 Å². The van der Waals surface area contributed by atoms with Crippen LogP contribution in [0.4, 0.5) is 4.39 Å². The van der Waals surface area contributed by atoms with Crippen molar-refractivity contribution >= 4 is 0 Å². The van der Waals surface area contributed by atoms with Gasteiger partial charge in [0.05, 0.1) is 13.2 Å². The highest BCUT2D eigenvalue weighted by atomic mass is 19.1. The molecule has 2 aliphatic rings. The molecule has 0 amide bonds. The van der Waals surface area contributed by atoms with Crippen molar-refractivity contribution in [2.45, 2.75) is 45.1 Å². The predicted molar refractivity (Wildman–Crippen MR) is 65.6 cm³/mol. The second kappa shape index (κ2) is 4.09. The molecule has 0 saturated heterocycles. The summed E-state index contributed by atoms with van der Waals surface area (Å²) >= 11 is 0. The van der Waals surface area contributed by atoms with Gasteiger partial charge in [-0.25, -0.2) is 4.39 Å². The van der Waals surface area contributed by atoms with Crippen molar-refractivity contribution in [2.24, 2.45) is 5.92 Å². The number of benzene rings is 1. The lowest BCUT2D eigenvalue weighted by molar-refractivity contribution is 0.0773. The summed E-state index contributed by atoms with van der Waals surface area (Å²) in [5.74, 6) is 1.24. The van der Waals surface area contributed by atoms with Crippen molar-refractivity contribution < 1.29 is 9.13 Å². The SMILES string of the molecule is CC(C)[C@H]1COCc2cc(C3CC3)cc(F)c21. The van der Waals surface area contributed by atoms with Crippen LogP contribution in [0, 0.1) is 11.7 Å². The van der Waals surface area contributed by atoms with E-state index in [1.165, 1.54) is 18.4 Å². The minimum atomic E-state index is -0.00796. The van der Waals surface area contributed by atoms with Gasteiger partial charge in [0.2, 0.25) is 0 Å². The normalized spacial score (nSPS) is 23.9. The average molecular weight is 234 g/mol. The Hall–Kier alpha value is -0.890. The van der Waals surface area contributed by atoms with E-state index in [0.29, 0.717) is 25.0 Å². The zero-order chi connectivity index (χ0) is 12.0. The van der Waals surface area contributed by atoms with E-state index >= 15 is 0 Å². The Labute approximate surface area is 102 Å². The maximum absolute atomic E-state index is 14.3. The molecule has 0 aromatic heterocycles. The minimum absolute atomic E-state index is 0.00796. The van der Waals surface area contributed by atoms with Crippen LogP contribution in [-0.4, -0.2) is 6.61 Å². The van der Waals surface area contributed by atoms with Crippen LogP contribution in [0.2, 0.25) is 0 Å². The number of hydrogen-bond donors (Lipinski definition) is 0. The fourth-order valence-corrected chi connectivity index (χ4v) is 2.79. The quantitative estimate of drug-likeness (QED) is 0.752. The largest absolute Gasteiger partial charge is 0.376 e. The summed E-state index contributed by atoms with van der Waals surface area (Å²) < 4.78 is 19.9. The Morgan fingerprint density at radius 1 is 1.29 bits per heavy atom. The summed E-state index contributed by atoms with van der Waals surface area (Å²) in [5, 5.41) is 0. The van der Waals surface area contributed by atoms with Crippen LogP contribution in [0.15, 0.2) is 12.1 Å². The van der Waals surface area contributed by atoms with Crippen molar-refractivity contribution in [1.82, 2.24) is 0 Å². The Kier molecular flexibility index (Phi) is 2.70. The first-order valence-corrected chi connectivity index (χ1v) is 6.56. The van der Waals surface area contributed by atoms with Crippen molar-refractivity contribution in [3.63, 3.8) is 0 Å². The van der Waals surface area contributed by atoms with Crippen LogP contribution in [0.25, 0.3) is 0 Å². The zero-order valence-electron chi connectivity index (χ0n) is 10.5. The number of hydrogen-bond acceptors (Lipinski definition) is 1. The van der Waals surface area contributed by atoms with Gasteiger partial charge < -0.3 is 4.74 Å². The molecule has 1 aromatic rings. The van der Waals surface area contributed by atoms with Crippen molar-refractivity contribution in [3.05, 3.63) is 34.6 Å². The van der Waals surface area contributed by atoms with Gasteiger partial charge in [0.15, 0.2) is 0 Å². The number of ether oxygens (including phenoxy) is 1. The van der Waals surface area contributed by atoms with E-state index in [4.69, 9.17) is 4.74 Å². The molecule has 17 heavy (non-hydrogen) atoms. The Morgan fingerprint density at radius 3 is 2.71 bits per heavy atom. The Balaban J connectivity index is 2.04. The smallest absolute Gasteiger partial charge is 0.127 e. The van der Waals surface area contributed by atoms with E-state index in [-0.39, 0.29) is 11.7 Å². The molecule has 1 atom stereocenters. The van der Waals surface area contributed by atoms with Crippen molar-refractivity contribution in [1.29, 1.82) is 0 Å². The molecule has 1 heterocycles. The molecule has 0 bridgehead atoms. The molecule has 1 nitrogen and oxygen atoms in total. The molecule has 1 aliphatic heterocycles. The molecule has 0 unspecified atom stereocenters. The minimum Gasteiger partial charge on any atom is -0.376 e. The van der Waals surface area contributed by atoms with Gasteiger partial charge in [-0.3, -0.25) is 0 Å². The summed E-state index contributed by atoms with van der Waals surface area (Å²) in [6, 6.07) is 3.93. The lowest BCUT2D eigenvalue weighted by Gasteiger charge is -2.29. The van der Waals surface area contributed by atoms with Gasteiger partial charge in [-0.2, -0.15) is 0 Å². The molecule has 92 valence electrons. The summed E-state index contributed by atoms with van der Waals surface area (Å²) in [5.41, 5.74) is 3.17. The van der Waals surface area contributed by atoms with E-state index in [1.807, 2.05) is 0 Å². The monoisotopic (exact) mass is 234 g/mol. The lowest BCUT2D eigenvalue weighted by atomic mass is 9.83. The second-order valence-corrected chi connectivity index (χ2v) is 5.72. The van der Waals surface area contributed by atoms with Crippen LogP contribution in [0.5, 0.6) is 0 Å². The molecule has 0 radical (unpaired) electrons. The van der Waals surface area contributed by atoms with Crippen LogP contribution in [0.3, 0.4) is 0 Å². The van der Waals surface area contributed by atoms with Crippen LogP contribution >= 0.6 is 0 Å². The van der Waals surface area contributed by atoms with Gasteiger partial charge in [-0.05, 0) is 47.4 Å². The predicted octanol–water partition coefficient (Wildman–Crippen LogP) is 3.97. The van der Waals surface area contributed by atoms with Gasteiger partial charge in [-0.1, -0.05) is 19.9 Å². The summed E-state index contributed by atoms with van der Waals surface area (Å²) in [7, 11) is 0. The molecule has 3 rings (SSSR count).